The summed E-state index contributed by atoms with van der Waals surface area (Å²) in [6, 6.07) is 0.727. The fourth-order valence-corrected chi connectivity index (χ4v) is 1.15. The molecule has 1 heteroatoms. The minimum absolute atomic E-state index is 0.727. The molecule has 0 aromatic carbocycles. The first-order valence-corrected chi connectivity index (χ1v) is 3.63. The predicted octanol–water partition coefficient (Wildman–Crippen LogP) is 1.66. The molecule has 1 unspecified atom stereocenters. The van der Waals surface area contributed by atoms with Crippen molar-refractivity contribution in [1.29, 1.82) is 0 Å². The molecule has 0 saturated carbocycles. The van der Waals surface area contributed by atoms with Crippen molar-refractivity contribution in [2.75, 3.05) is 13.6 Å². The molecular formula is C8H15N. The van der Waals surface area contributed by atoms with Gasteiger partial charge in [-0.2, -0.15) is 0 Å². The van der Waals surface area contributed by atoms with Crippen molar-refractivity contribution in [3.8, 4) is 0 Å². The molecule has 1 saturated heterocycles. The zero-order valence-corrected chi connectivity index (χ0v) is 6.35. The van der Waals surface area contributed by atoms with Crippen molar-refractivity contribution in [3.05, 3.63) is 12.2 Å². The third-order valence-corrected chi connectivity index (χ3v) is 1.90. The summed E-state index contributed by atoms with van der Waals surface area (Å²) in [4.78, 5) is 2.32. The molecule has 52 valence electrons. The van der Waals surface area contributed by atoms with E-state index in [2.05, 4.69) is 25.5 Å². The van der Waals surface area contributed by atoms with Gasteiger partial charge in [0.15, 0.2) is 0 Å². The van der Waals surface area contributed by atoms with Crippen LogP contribution in [-0.2, 0) is 0 Å². The second-order valence-electron chi connectivity index (χ2n) is 2.86. The van der Waals surface area contributed by atoms with Gasteiger partial charge in [0, 0.05) is 12.6 Å². The van der Waals surface area contributed by atoms with E-state index in [9.17, 15) is 0 Å². The first-order chi connectivity index (χ1) is 4.25. The van der Waals surface area contributed by atoms with Crippen LogP contribution < -0.4 is 0 Å². The maximum Gasteiger partial charge on any atom is 0.0430 e. The lowest BCUT2D eigenvalue weighted by molar-refractivity contribution is 0.635. The monoisotopic (exact) mass is 125 g/mol. The molecule has 0 aromatic rings. The Morgan fingerprint density at radius 2 is 2.33 bits per heavy atom. The van der Waals surface area contributed by atoms with Crippen LogP contribution in [0, 0.1) is 0 Å². The number of nitrogens with zero attached hydrogens (tertiary/aromatic N) is 1. The number of likely N-dealkylation sites (N-methyl/N-ethyl adjacent to an activating group) is 1. The van der Waals surface area contributed by atoms with E-state index in [0.29, 0.717) is 0 Å². The molecule has 0 bridgehead atoms. The van der Waals surface area contributed by atoms with Gasteiger partial charge in [-0.05, 0) is 13.5 Å². The smallest absolute Gasteiger partial charge is 0.0430 e. The second-order valence-corrected chi connectivity index (χ2v) is 2.86. The van der Waals surface area contributed by atoms with Crippen molar-refractivity contribution in [3.63, 3.8) is 0 Å². The van der Waals surface area contributed by atoms with E-state index in [1.54, 1.807) is 0 Å². The summed E-state index contributed by atoms with van der Waals surface area (Å²) >= 11 is 0. The summed E-state index contributed by atoms with van der Waals surface area (Å²) in [5, 5.41) is 0. The van der Waals surface area contributed by atoms with E-state index in [0.717, 1.165) is 6.04 Å². The average Bonchev–Trinajstić information content (AvgIpc) is 2.47. The molecule has 0 aromatic heterocycles. The number of rotatable bonds is 3. The van der Waals surface area contributed by atoms with Crippen molar-refractivity contribution < 1.29 is 0 Å². The fourth-order valence-electron chi connectivity index (χ4n) is 1.15. The minimum atomic E-state index is 0.727. The van der Waals surface area contributed by atoms with E-state index in [1.807, 2.05) is 0 Å². The van der Waals surface area contributed by atoms with E-state index in [1.165, 1.54) is 25.0 Å². The molecule has 1 aliphatic rings. The zero-order chi connectivity index (χ0) is 6.85. The van der Waals surface area contributed by atoms with Crippen LogP contribution in [0.4, 0.5) is 0 Å². The average molecular weight is 125 g/mol. The van der Waals surface area contributed by atoms with Crippen molar-refractivity contribution in [1.82, 2.24) is 4.90 Å². The first-order valence-electron chi connectivity index (χ1n) is 3.63. The van der Waals surface area contributed by atoms with Gasteiger partial charge in [0.1, 0.15) is 0 Å². The number of hydrogen-bond donors (Lipinski definition) is 0. The van der Waals surface area contributed by atoms with Gasteiger partial charge in [-0.1, -0.05) is 25.5 Å². The maximum atomic E-state index is 4.02. The van der Waals surface area contributed by atoms with E-state index < -0.39 is 0 Å². The van der Waals surface area contributed by atoms with Gasteiger partial charge in [-0.25, -0.2) is 0 Å². The SMILES string of the molecule is C=C(CCC)[C@H]1CN1C. The summed E-state index contributed by atoms with van der Waals surface area (Å²) in [7, 11) is 2.14. The third-order valence-electron chi connectivity index (χ3n) is 1.90. The Bertz CT molecular complexity index is 118. The molecule has 0 aliphatic carbocycles. The van der Waals surface area contributed by atoms with E-state index in [4.69, 9.17) is 0 Å². The van der Waals surface area contributed by atoms with Gasteiger partial charge in [-0.3, -0.25) is 4.90 Å². The molecule has 0 amide bonds. The highest BCUT2D eigenvalue weighted by Gasteiger charge is 2.30. The van der Waals surface area contributed by atoms with Crippen LogP contribution in [0.1, 0.15) is 19.8 Å². The van der Waals surface area contributed by atoms with Crippen LogP contribution in [-0.4, -0.2) is 24.5 Å². The van der Waals surface area contributed by atoms with Crippen LogP contribution in [0.15, 0.2) is 12.2 Å². The normalized spacial score (nSPS) is 32.2. The Labute approximate surface area is 57.4 Å². The van der Waals surface area contributed by atoms with Crippen LogP contribution >= 0.6 is 0 Å². The van der Waals surface area contributed by atoms with Gasteiger partial charge in [-0.15, -0.1) is 0 Å². The molecule has 1 fully saturated rings. The Kier molecular flexibility index (Phi) is 1.91. The Hall–Kier alpha value is -0.300. The lowest BCUT2D eigenvalue weighted by atomic mass is 10.1. The van der Waals surface area contributed by atoms with Crippen molar-refractivity contribution in [2.24, 2.45) is 0 Å². The highest BCUT2D eigenvalue weighted by molar-refractivity contribution is 5.14. The van der Waals surface area contributed by atoms with Gasteiger partial charge in [0.25, 0.3) is 0 Å². The molecular weight excluding hydrogens is 110 g/mol. The van der Waals surface area contributed by atoms with Crippen molar-refractivity contribution >= 4 is 0 Å². The Morgan fingerprint density at radius 1 is 1.78 bits per heavy atom. The lowest BCUT2D eigenvalue weighted by Gasteiger charge is -1.98. The molecule has 1 nitrogen and oxygen atoms in total. The summed E-state index contributed by atoms with van der Waals surface area (Å²) in [5.74, 6) is 0. The molecule has 0 N–H and O–H groups in total. The summed E-state index contributed by atoms with van der Waals surface area (Å²) in [5.41, 5.74) is 1.42. The summed E-state index contributed by atoms with van der Waals surface area (Å²) in [6.45, 7) is 7.45. The second kappa shape index (κ2) is 2.53. The molecule has 2 atom stereocenters. The predicted molar refractivity (Wildman–Crippen MR) is 40.5 cm³/mol. The first kappa shape index (κ1) is 6.81. The van der Waals surface area contributed by atoms with Gasteiger partial charge < -0.3 is 0 Å². The third kappa shape index (κ3) is 1.55. The summed E-state index contributed by atoms with van der Waals surface area (Å²) < 4.78 is 0. The molecule has 1 rings (SSSR count). The maximum absolute atomic E-state index is 4.02. The van der Waals surface area contributed by atoms with Crippen LogP contribution in [0.5, 0.6) is 0 Å². The Balaban J connectivity index is 2.20. The van der Waals surface area contributed by atoms with Gasteiger partial charge in [0.2, 0.25) is 0 Å². The van der Waals surface area contributed by atoms with Gasteiger partial charge in [0.05, 0.1) is 0 Å². The number of hydrogen-bond acceptors (Lipinski definition) is 1. The Morgan fingerprint density at radius 3 is 2.67 bits per heavy atom. The topological polar surface area (TPSA) is 3.01 Å². The molecule has 0 spiro atoms. The molecule has 1 heterocycles. The molecule has 0 radical (unpaired) electrons. The molecule has 9 heavy (non-hydrogen) atoms. The highest BCUT2D eigenvalue weighted by Crippen LogP contribution is 2.23. The van der Waals surface area contributed by atoms with Gasteiger partial charge >= 0.3 is 0 Å². The molecule has 1 aliphatic heterocycles. The quantitative estimate of drug-likeness (QED) is 0.409. The van der Waals surface area contributed by atoms with E-state index >= 15 is 0 Å². The van der Waals surface area contributed by atoms with Crippen LogP contribution in [0.3, 0.4) is 0 Å². The zero-order valence-electron chi connectivity index (χ0n) is 6.35. The van der Waals surface area contributed by atoms with Crippen LogP contribution in [0.25, 0.3) is 0 Å². The summed E-state index contributed by atoms with van der Waals surface area (Å²) in [6.07, 6.45) is 2.44. The van der Waals surface area contributed by atoms with Crippen molar-refractivity contribution in [2.45, 2.75) is 25.8 Å². The fraction of sp³-hybridized carbons (Fsp3) is 0.750. The standard InChI is InChI=1S/C8H15N/c1-4-5-7(2)8-6-9(8)3/h8H,2,4-6H2,1,3H3/t8-,9?/m1/s1. The highest BCUT2D eigenvalue weighted by atomic mass is 15.3. The van der Waals surface area contributed by atoms with E-state index in [-0.39, 0.29) is 0 Å². The van der Waals surface area contributed by atoms with Crippen LogP contribution in [0.2, 0.25) is 0 Å². The largest absolute Gasteiger partial charge is 0.297 e. The lowest BCUT2D eigenvalue weighted by Crippen LogP contribution is -1.96. The minimum Gasteiger partial charge on any atom is -0.297 e.